The summed E-state index contributed by atoms with van der Waals surface area (Å²) in [5.74, 6) is 0.714. The van der Waals surface area contributed by atoms with Crippen molar-refractivity contribution in [2.75, 3.05) is 6.54 Å². The third-order valence-corrected chi connectivity index (χ3v) is 3.02. The van der Waals surface area contributed by atoms with E-state index in [1.807, 2.05) is 20.8 Å². The molecule has 1 amide bonds. The van der Waals surface area contributed by atoms with Crippen LogP contribution >= 0.6 is 0 Å². The molecule has 1 N–H and O–H groups in total. The van der Waals surface area contributed by atoms with Crippen LogP contribution in [0.15, 0.2) is 0 Å². The van der Waals surface area contributed by atoms with Gasteiger partial charge >= 0.3 is 6.09 Å². The fourth-order valence-corrected chi connectivity index (χ4v) is 2.07. The predicted molar refractivity (Wildman–Crippen MR) is 65.7 cm³/mol. The monoisotopic (exact) mass is 241 g/mol. The normalized spacial score (nSPS) is 25.1. The molecule has 0 saturated heterocycles. The van der Waals surface area contributed by atoms with E-state index in [0.29, 0.717) is 12.5 Å². The second-order valence-corrected chi connectivity index (χ2v) is 5.80. The van der Waals surface area contributed by atoms with Gasteiger partial charge in [0.05, 0.1) is 0 Å². The fraction of sp³-hybridized carbons (Fsp3) is 0.846. The van der Waals surface area contributed by atoms with Crippen LogP contribution in [0.5, 0.6) is 0 Å². The molecule has 0 aliphatic heterocycles. The van der Waals surface area contributed by atoms with Crippen molar-refractivity contribution in [1.82, 2.24) is 5.32 Å². The summed E-state index contributed by atoms with van der Waals surface area (Å²) in [5.41, 5.74) is -0.445. The van der Waals surface area contributed by atoms with Gasteiger partial charge in [-0.05, 0) is 52.4 Å². The first kappa shape index (κ1) is 14.0. The van der Waals surface area contributed by atoms with Crippen molar-refractivity contribution in [3.63, 3.8) is 0 Å². The van der Waals surface area contributed by atoms with Gasteiger partial charge in [-0.3, -0.25) is 0 Å². The van der Waals surface area contributed by atoms with Crippen LogP contribution in [0.3, 0.4) is 0 Å². The molecule has 0 unspecified atom stereocenters. The summed E-state index contributed by atoms with van der Waals surface area (Å²) in [6.45, 7) is 6.20. The topological polar surface area (TPSA) is 55.4 Å². The van der Waals surface area contributed by atoms with E-state index >= 15 is 0 Å². The lowest BCUT2D eigenvalue weighted by Crippen LogP contribution is -2.36. The van der Waals surface area contributed by atoms with Crippen LogP contribution in [0.1, 0.15) is 46.5 Å². The summed E-state index contributed by atoms with van der Waals surface area (Å²) >= 11 is 0. The lowest BCUT2D eigenvalue weighted by molar-refractivity contribution is -0.112. The van der Waals surface area contributed by atoms with E-state index in [0.717, 1.165) is 32.0 Å². The first-order valence-electron chi connectivity index (χ1n) is 6.33. The van der Waals surface area contributed by atoms with Crippen molar-refractivity contribution in [2.24, 2.45) is 11.8 Å². The van der Waals surface area contributed by atoms with Crippen molar-refractivity contribution in [3.05, 3.63) is 0 Å². The van der Waals surface area contributed by atoms with Crippen molar-refractivity contribution >= 4 is 12.4 Å². The van der Waals surface area contributed by atoms with E-state index in [4.69, 9.17) is 4.74 Å². The average Bonchev–Trinajstić information content (AvgIpc) is 2.25. The number of carbonyl (C=O) groups excluding carboxylic acids is 2. The minimum absolute atomic E-state index is 0.229. The largest absolute Gasteiger partial charge is 0.444 e. The van der Waals surface area contributed by atoms with E-state index < -0.39 is 5.60 Å². The Kier molecular flexibility index (Phi) is 4.97. The Morgan fingerprint density at radius 2 is 1.88 bits per heavy atom. The highest BCUT2D eigenvalue weighted by Crippen LogP contribution is 2.26. The number of carbonyl (C=O) groups is 2. The van der Waals surface area contributed by atoms with Gasteiger partial charge in [0.1, 0.15) is 11.9 Å². The smallest absolute Gasteiger partial charge is 0.407 e. The Bertz CT molecular complexity index is 262. The van der Waals surface area contributed by atoms with Gasteiger partial charge in [0.15, 0.2) is 0 Å². The minimum Gasteiger partial charge on any atom is -0.444 e. The molecular weight excluding hydrogens is 218 g/mol. The number of rotatable bonds is 3. The van der Waals surface area contributed by atoms with E-state index in [1.165, 1.54) is 0 Å². The predicted octanol–water partition coefficient (Wildman–Crippen LogP) is 2.52. The average molecular weight is 241 g/mol. The molecule has 0 radical (unpaired) electrons. The molecule has 0 atom stereocenters. The Morgan fingerprint density at radius 1 is 1.29 bits per heavy atom. The third kappa shape index (κ3) is 5.71. The highest BCUT2D eigenvalue weighted by atomic mass is 16.6. The SMILES string of the molecule is CC(C)(C)OC(=O)NCC1CCC(C=O)CC1. The number of ether oxygens (including phenoxy) is 1. The highest BCUT2D eigenvalue weighted by molar-refractivity contribution is 5.67. The molecule has 17 heavy (non-hydrogen) atoms. The van der Waals surface area contributed by atoms with Crippen LogP contribution in [-0.4, -0.2) is 24.5 Å². The number of alkyl carbamates (subject to hydrolysis) is 1. The van der Waals surface area contributed by atoms with E-state index in [1.54, 1.807) is 0 Å². The van der Waals surface area contributed by atoms with Gasteiger partial charge in [-0.2, -0.15) is 0 Å². The second kappa shape index (κ2) is 6.03. The van der Waals surface area contributed by atoms with Gasteiger partial charge < -0.3 is 14.8 Å². The summed E-state index contributed by atoms with van der Waals surface area (Å²) in [6.07, 6.45) is 4.62. The first-order valence-corrected chi connectivity index (χ1v) is 6.33. The third-order valence-electron chi connectivity index (χ3n) is 3.02. The molecule has 1 saturated carbocycles. The molecule has 0 bridgehead atoms. The second-order valence-electron chi connectivity index (χ2n) is 5.80. The lowest BCUT2D eigenvalue weighted by Gasteiger charge is -2.26. The van der Waals surface area contributed by atoms with Gasteiger partial charge in [-0.15, -0.1) is 0 Å². The summed E-state index contributed by atoms with van der Waals surface area (Å²) in [5, 5.41) is 2.79. The van der Waals surface area contributed by atoms with E-state index in [2.05, 4.69) is 5.32 Å². The van der Waals surface area contributed by atoms with Crippen LogP contribution in [0.2, 0.25) is 0 Å². The first-order chi connectivity index (χ1) is 7.90. The molecule has 1 aliphatic rings. The number of hydrogen-bond acceptors (Lipinski definition) is 3. The zero-order valence-corrected chi connectivity index (χ0v) is 11.0. The molecule has 98 valence electrons. The fourth-order valence-electron chi connectivity index (χ4n) is 2.07. The molecule has 4 nitrogen and oxygen atoms in total. The summed E-state index contributed by atoms with van der Waals surface area (Å²) in [7, 11) is 0. The van der Waals surface area contributed by atoms with Crippen molar-refractivity contribution in [3.8, 4) is 0 Å². The number of nitrogens with one attached hydrogen (secondary N) is 1. The van der Waals surface area contributed by atoms with Crippen molar-refractivity contribution < 1.29 is 14.3 Å². The Labute approximate surface area is 103 Å². The van der Waals surface area contributed by atoms with E-state index in [9.17, 15) is 9.59 Å². The Hall–Kier alpha value is -1.06. The molecule has 1 aliphatic carbocycles. The van der Waals surface area contributed by atoms with Crippen LogP contribution in [-0.2, 0) is 9.53 Å². The molecule has 0 spiro atoms. The molecular formula is C13H23NO3. The van der Waals surface area contributed by atoms with Gasteiger partial charge in [0, 0.05) is 12.5 Å². The molecule has 0 aromatic heterocycles. The molecule has 0 aromatic rings. The maximum atomic E-state index is 11.4. The molecule has 1 rings (SSSR count). The van der Waals surface area contributed by atoms with Crippen LogP contribution in [0, 0.1) is 11.8 Å². The van der Waals surface area contributed by atoms with Gasteiger partial charge in [-0.25, -0.2) is 4.79 Å². The van der Waals surface area contributed by atoms with Crippen LogP contribution in [0.25, 0.3) is 0 Å². The van der Waals surface area contributed by atoms with Crippen LogP contribution < -0.4 is 5.32 Å². The standard InChI is InChI=1S/C13H23NO3/c1-13(2,3)17-12(16)14-8-10-4-6-11(9-15)7-5-10/h9-11H,4-8H2,1-3H3,(H,14,16). The summed E-state index contributed by atoms with van der Waals surface area (Å²) in [4.78, 5) is 22.0. The van der Waals surface area contributed by atoms with Gasteiger partial charge in [0.2, 0.25) is 0 Å². The minimum atomic E-state index is -0.445. The maximum Gasteiger partial charge on any atom is 0.407 e. The van der Waals surface area contributed by atoms with E-state index in [-0.39, 0.29) is 12.0 Å². The molecule has 0 heterocycles. The molecule has 4 heteroatoms. The molecule has 1 fully saturated rings. The summed E-state index contributed by atoms with van der Waals surface area (Å²) < 4.78 is 5.16. The Morgan fingerprint density at radius 3 is 2.35 bits per heavy atom. The Balaban J connectivity index is 2.19. The van der Waals surface area contributed by atoms with Gasteiger partial charge in [0.25, 0.3) is 0 Å². The zero-order chi connectivity index (χ0) is 12.9. The maximum absolute atomic E-state index is 11.4. The summed E-state index contributed by atoms with van der Waals surface area (Å²) in [6, 6.07) is 0. The van der Waals surface area contributed by atoms with Crippen molar-refractivity contribution in [1.29, 1.82) is 0 Å². The van der Waals surface area contributed by atoms with Crippen molar-refractivity contribution in [2.45, 2.75) is 52.1 Å². The zero-order valence-electron chi connectivity index (χ0n) is 11.0. The highest BCUT2D eigenvalue weighted by Gasteiger charge is 2.22. The quantitative estimate of drug-likeness (QED) is 0.772. The molecule has 0 aromatic carbocycles. The van der Waals surface area contributed by atoms with Crippen LogP contribution in [0.4, 0.5) is 4.79 Å². The number of amides is 1. The number of hydrogen-bond donors (Lipinski definition) is 1. The lowest BCUT2D eigenvalue weighted by atomic mass is 9.83. The van der Waals surface area contributed by atoms with Gasteiger partial charge in [-0.1, -0.05) is 0 Å². The number of aldehydes is 1.